The van der Waals surface area contributed by atoms with Gasteiger partial charge in [0.15, 0.2) is 0 Å². The highest BCUT2D eigenvalue weighted by Crippen LogP contribution is 2.31. The number of amides is 1. The maximum atomic E-state index is 12.1. The first-order valence-corrected chi connectivity index (χ1v) is 10.2. The van der Waals surface area contributed by atoms with Gasteiger partial charge in [0, 0.05) is 38.8 Å². The maximum Gasteiger partial charge on any atom is 0.220 e. The third-order valence-electron chi connectivity index (χ3n) is 5.55. The predicted octanol–water partition coefficient (Wildman–Crippen LogP) is 3.30. The fourth-order valence-electron chi connectivity index (χ4n) is 3.92. The van der Waals surface area contributed by atoms with Gasteiger partial charge in [-0.05, 0) is 25.0 Å². The van der Waals surface area contributed by atoms with Gasteiger partial charge < -0.3 is 14.3 Å². The molecule has 1 N–H and O–H groups in total. The Bertz CT molecular complexity index is 939. The molecule has 4 rings (SSSR count). The number of nitrogens with zero attached hydrogens (tertiary/aromatic N) is 4. The van der Waals surface area contributed by atoms with Crippen LogP contribution in [0.25, 0.3) is 11.0 Å². The van der Waals surface area contributed by atoms with E-state index in [2.05, 4.69) is 31.1 Å². The van der Waals surface area contributed by atoms with Crippen molar-refractivity contribution in [1.82, 2.24) is 25.1 Å². The highest BCUT2D eigenvalue weighted by molar-refractivity contribution is 5.76. The van der Waals surface area contributed by atoms with Crippen molar-refractivity contribution in [3.63, 3.8) is 0 Å². The van der Waals surface area contributed by atoms with Crippen LogP contribution in [0.2, 0.25) is 0 Å². The number of hydrogen-bond acceptors (Lipinski definition) is 5. The number of benzene rings is 1. The zero-order valence-electron chi connectivity index (χ0n) is 16.4. The molecule has 3 aromatic rings. The summed E-state index contributed by atoms with van der Waals surface area (Å²) in [6.07, 6.45) is 7.56. The van der Waals surface area contributed by atoms with Crippen LogP contribution in [0.15, 0.2) is 28.7 Å². The molecule has 0 unspecified atom stereocenters. The summed E-state index contributed by atoms with van der Waals surface area (Å²) in [4.78, 5) is 16.8. The number of para-hydroxylation sites is 2. The summed E-state index contributed by atoms with van der Waals surface area (Å²) in [6.45, 7) is 0.563. The lowest BCUT2D eigenvalue weighted by molar-refractivity contribution is -0.121. The van der Waals surface area contributed by atoms with E-state index in [1.54, 1.807) is 0 Å². The van der Waals surface area contributed by atoms with E-state index in [0.717, 1.165) is 35.6 Å². The molecule has 0 radical (unpaired) electrons. The quantitative estimate of drug-likeness (QED) is 0.679. The lowest BCUT2D eigenvalue weighted by atomic mass is 9.89. The second-order valence-electron chi connectivity index (χ2n) is 7.54. The number of imidazole rings is 1. The largest absolute Gasteiger partial charge is 0.425 e. The van der Waals surface area contributed by atoms with Gasteiger partial charge in [-0.2, -0.15) is 0 Å². The minimum absolute atomic E-state index is 0.00354. The number of aryl methyl sites for hydroxylation is 2. The predicted molar refractivity (Wildman–Crippen MR) is 106 cm³/mol. The summed E-state index contributed by atoms with van der Waals surface area (Å²) < 4.78 is 7.86. The van der Waals surface area contributed by atoms with Crippen LogP contribution in [0.4, 0.5) is 0 Å². The van der Waals surface area contributed by atoms with E-state index < -0.39 is 0 Å². The van der Waals surface area contributed by atoms with E-state index in [-0.39, 0.29) is 5.91 Å². The molecule has 1 aromatic carbocycles. The van der Waals surface area contributed by atoms with Gasteiger partial charge in [0.05, 0.1) is 11.0 Å². The van der Waals surface area contributed by atoms with Crippen molar-refractivity contribution in [1.29, 1.82) is 0 Å². The lowest BCUT2D eigenvalue weighted by Crippen LogP contribution is -2.26. The van der Waals surface area contributed by atoms with Gasteiger partial charge in [0.25, 0.3) is 0 Å². The first-order chi connectivity index (χ1) is 13.7. The molecule has 2 aromatic heterocycles. The molecule has 1 amide bonds. The third-order valence-corrected chi connectivity index (χ3v) is 5.55. The van der Waals surface area contributed by atoms with Crippen LogP contribution in [0.5, 0.6) is 0 Å². The molecule has 1 fully saturated rings. The summed E-state index contributed by atoms with van der Waals surface area (Å²) in [6, 6.07) is 8.05. The molecule has 2 heterocycles. The Balaban J connectivity index is 1.22. The normalized spacial score (nSPS) is 15.2. The lowest BCUT2D eigenvalue weighted by Gasteiger charge is -2.17. The Kier molecular flexibility index (Phi) is 5.69. The molecular formula is C21H27N5O2. The van der Waals surface area contributed by atoms with Crippen molar-refractivity contribution < 1.29 is 9.21 Å². The molecule has 0 atom stereocenters. The number of aromatic nitrogens is 4. The summed E-state index contributed by atoms with van der Waals surface area (Å²) >= 11 is 0. The molecule has 148 valence electrons. The third kappa shape index (κ3) is 4.24. The van der Waals surface area contributed by atoms with Crippen LogP contribution < -0.4 is 5.32 Å². The van der Waals surface area contributed by atoms with Crippen molar-refractivity contribution >= 4 is 16.9 Å². The van der Waals surface area contributed by atoms with E-state index in [9.17, 15) is 4.79 Å². The molecular weight excluding hydrogens is 354 g/mol. The first-order valence-electron chi connectivity index (χ1n) is 10.2. The van der Waals surface area contributed by atoms with E-state index in [1.165, 1.54) is 19.3 Å². The molecule has 1 aliphatic rings. The van der Waals surface area contributed by atoms with Crippen molar-refractivity contribution in [2.75, 3.05) is 6.54 Å². The molecule has 0 bridgehead atoms. The van der Waals surface area contributed by atoms with Crippen LogP contribution in [0.1, 0.15) is 62.0 Å². The van der Waals surface area contributed by atoms with Gasteiger partial charge >= 0.3 is 0 Å². The summed E-state index contributed by atoms with van der Waals surface area (Å²) in [7, 11) is 2.01. The number of fused-ring (bicyclic) bond motifs is 1. The molecule has 7 heteroatoms. The highest BCUT2D eigenvalue weighted by Gasteiger charge is 2.21. The Labute approximate surface area is 164 Å². The van der Waals surface area contributed by atoms with Crippen LogP contribution in [-0.4, -0.2) is 32.2 Å². The van der Waals surface area contributed by atoms with Gasteiger partial charge in [-0.15, -0.1) is 10.2 Å². The summed E-state index contributed by atoms with van der Waals surface area (Å²) in [5.74, 6) is 2.67. The number of carbonyl (C=O) groups is 1. The Morgan fingerprint density at radius 1 is 1.18 bits per heavy atom. The SMILES string of the molecule is Cn1c(CCNC(=O)CCc2nnc(C3CCCCC3)o2)nc2ccccc21. The van der Waals surface area contributed by atoms with Crippen LogP contribution in [-0.2, 0) is 24.7 Å². The first kappa shape index (κ1) is 18.7. The monoisotopic (exact) mass is 381 g/mol. The number of rotatable bonds is 7. The molecule has 0 spiro atoms. The Morgan fingerprint density at radius 2 is 2.00 bits per heavy atom. The zero-order valence-corrected chi connectivity index (χ0v) is 16.4. The average Bonchev–Trinajstić information content (AvgIpc) is 3.33. The van der Waals surface area contributed by atoms with E-state index >= 15 is 0 Å². The minimum Gasteiger partial charge on any atom is -0.425 e. The van der Waals surface area contributed by atoms with Crippen LogP contribution in [0.3, 0.4) is 0 Å². The van der Waals surface area contributed by atoms with Crippen molar-refractivity contribution in [3.8, 4) is 0 Å². The zero-order chi connectivity index (χ0) is 19.3. The Hall–Kier alpha value is -2.70. The van der Waals surface area contributed by atoms with Crippen molar-refractivity contribution in [3.05, 3.63) is 41.9 Å². The van der Waals surface area contributed by atoms with Gasteiger partial charge in [0.2, 0.25) is 17.7 Å². The fraction of sp³-hybridized carbons (Fsp3) is 0.524. The summed E-state index contributed by atoms with van der Waals surface area (Å²) in [5, 5.41) is 11.3. The van der Waals surface area contributed by atoms with Crippen LogP contribution >= 0.6 is 0 Å². The van der Waals surface area contributed by atoms with Gasteiger partial charge in [-0.3, -0.25) is 4.79 Å². The second-order valence-corrected chi connectivity index (χ2v) is 7.54. The minimum atomic E-state index is -0.00354. The molecule has 1 aliphatic carbocycles. The topological polar surface area (TPSA) is 85.8 Å². The van der Waals surface area contributed by atoms with E-state index in [1.807, 2.05) is 25.2 Å². The molecule has 0 aliphatic heterocycles. The molecule has 28 heavy (non-hydrogen) atoms. The maximum absolute atomic E-state index is 12.1. The second kappa shape index (κ2) is 8.54. The van der Waals surface area contributed by atoms with E-state index in [4.69, 9.17) is 4.42 Å². The molecule has 7 nitrogen and oxygen atoms in total. The number of hydrogen-bond donors (Lipinski definition) is 1. The van der Waals surface area contributed by atoms with Crippen molar-refractivity contribution in [2.24, 2.45) is 7.05 Å². The average molecular weight is 381 g/mol. The molecule has 1 saturated carbocycles. The van der Waals surface area contributed by atoms with Gasteiger partial charge in [0.1, 0.15) is 5.82 Å². The van der Waals surface area contributed by atoms with Crippen LogP contribution in [0, 0.1) is 0 Å². The number of nitrogens with one attached hydrogen (secondary N) is 1. The van der Waals surface area contributed by atoms with Crippen molar-refractivity contribution in [2.45, 2.75) is 57.3 Å². The molecule has 0 saturated heterocycles. The standard InChI is InChI=1S/C21H27N5O2/c1-26-17-10-6-5-9-16(17)23-18(26)13-14-22-19(27)11-12-20-24-25-21(28-20)15-7-3-2-4-8-15/h5-6,9-10,15H,2-4,7-8,11-14H2,1H3,(H,22,27). The Morgan fingerprint density at radius 3 is 2.82 bits per heavy atom. The smallest absolute Gasteiger partial charge is 0.220 e. The number of carbonyl (C=O) groups excluding carboxylic acids is 1. The van der Waals surface area contributed by atoms with E-state index in [0.29, 0.717) is 37.6 Å². The fourth-order valence-corrected chi connectivity index (χ4v) is 3.92. The van der Waals surface area contributed by atoms with Gasteiger partial charge in [-0.1, -0.05) is 31.4 Å². The highest BCUT2D eigenvalue weighted by atomic mass is 16.4. The summed E-state index contributed by atoms with van der Waals surface area (Å²) in [5.41, 5.74) is 2.09. The van der Waals surface area contributed by atoms with Gasteiger partial charge in [-0.25, -0.2) is 4.98 Å².